The molecular weight excluding hydrogens is 172 g/mol. The molecule has 0 aromatic carbocycles. The van der Waals surface area contributed by atoms with Crippen LogP contribution in [0.1, 0.15) is 19.8 Å². The summed E-state index contributed by atoms with van der Waals surface area (Å²) in [6, 6.07) is 0.408. The Morgan fingerprint density at radius 1 is 1.67 bits per heavy atom. The first kappa shape index (κ1) is 9.74. The molecule has 1 unspecified atom stereocenters. The van der Waals surface area contributed by atoms with Crippen LogP contribution in [-0.2, 0) is 4.74 Å². The summed E-state index contributed by atoms with van der Waals surface area (Å²) in [5, 5.41) is 7.02. The van der Waals surface area contributed by atoms with Crippen molar-refractivity contribution in [3.63, 3.8) is 0 Å². The van der Waals surface area contributed by atoms with Crippen LogP contribution in [0.5, 0.6) is 0 Å². The standard InChI is InChI=1S/C8H16N2OS/c1-2-9-8(12)10-7-4-3-5-11-6-7/h7H,2-6H2,1H3,(H2,9,10,12). The van der Waals surface area contributed by atoms with Gasteiger partial charge >= 0.3 is 0 Å². The minimum Gasteiger partial charge on any atom is -0.379 e. The van der Waals surface area contributed by atoms with Gasteiger partial charge in [-0.1, -0.05) is 0 Å². The van der Waals surface area contributed by atoms with Crippen molar-refractivity contribution in [1.82, 2.24) is 10.6 Å². The molecule has 0 spiro atoms. The summed E-state index contributed by atoms with van der Waals surface area (Å²) in [5.74, 6) is 0. The Labute approximate surface area is 78.9 Å². The predicted octanol–water partition coefficient (Wildman–Crippen LogP) is 0.649. The van der Waals surface area contributed by atoms with Crippen molar-refractivity contribution < 1.29 is 4.74 Å². The van der Waals surface area contributed by atoms with Crippen LogP contribution in [0.3, 0.4) is 0 Å². The van der Waals surface area contributed by atoms with Gasteiger partial charge in [0.2, 0.25) is 0 Å². The van der Waals surface area contributed by atoms with E-state index in [-0.39, 0.29) is 0 Å². The van der Waals surface area contributed by atoms with Crippen LogP contribution in [0.4, 0.5) is 0 Å². The molecule has 1 aliphatic rings. The van der Waals surface area contributed by atoms with Crippen LogP contribution in [0.25, 0.3) is 0 Å². The quantitative estimate of drug-likeness (QED) is 0.623. The highest BCUT2D eigenvalue weighted by molar-refractivity contribution is 7.80. The molecule has 0 aromatic heterocycles. The van der Waals surface area contributed by atoms with Gasteiger partial charge in [0.15, 0.2) is 5.11 Å². The van der Waals surface area contributed by atoms with E-state index in [0.717, 1.165) is 37.7 Å². The van der Waals surface area contributed by atoms with Crippen molar-refractivity contribution in [3.8, 4) is 0 Å². The van der Waals surface area contributed by atoms with Gasteiger partial charge in [-0.25, -0.2) is 0 Å². The molecule has 4 heteroatoms. The van der Waals surface area contributed by atoms with Gasteiger partial charge in [0.1, 0.15) is 0 Å². The largest absolute Gasteiger partial charge is 0.379 e. The molecule has 70 valence electrons. The van der Waals surface area contributed by atoms with Crippen LogP contribution in [0.15, 0.2) is 0 Å². The molecule has 0 amide bonds. The molecule has 1 rings (SSSR count). The van der Waals surface area contributed by atoms with E-state index in [4.69, 9.17) is 17.0 Å². The van der Waals surface area contributed by atoms with Crippen LogP contribution in [0.2, 0.25) is 0 Å². The number of rotatable bonds is 2. The summed E-state index contributed by atoms with van der Waals surface area (Å²) in [7, 11) is 0. The molecule has 1 aliphatic heterocycles. The topological polar surface area (TPSA) is 33.3 Å². The van der Waals surface area contributed by atoms with Crippen LogP contribution >= 0.6 is 12.2 Å². The second-order valence-corrected chi connectivity index (χ2v) is 3.33. The molecule has 1 saturated heterocycles. The lowest BCUT2D eigenvalue weighted by Crippen LogP contribution is -2.45. The molecular formula is C8H16N2OS. The lowest BCUT2D eigenvalue weighted by atomic mass is 10.1. The van der Waals surface area contributed by atoms with E-state index in [0.29, 0.717) is 6.04 Å². The van der Waals surface area contributed by atoms with Gasteiger partial charge in [-0.3, -0.25) is 0 Å². The average molecular weight is 188 g/mol. The van der Waals surface area contributed by atoms with Gasteiger partial charge < -0.3 is 15.4 Å². The first-order chi connectivity index (χ1) is 5.83. The Morgan fingerprint density at radius 2 is 2.50 bits per heavy atom. The fourth-order valence-electron chi connectivity index (χ4n) is 1.25. The number of hydrogen-bond donors (Lipinski definition) is 2. The predicted molar refractivity (Wildman–Crippen MR) is 53.3 cm³/mol. The maximum atomic E-state index is 5.31. The minimum absolute atomic E-state index is 0.408. The minimum atomic E-state index is 0.408. The summed E-state index contributed by atoms with van der Waals surface area (Å²) < 4.78 is 5.31. The SMILES string of the molecule is CCNC(=S)NC1CCCOC1. The zero-order chi connectivity index (χ0) is 8.81. The third-order valence-corrected chi connectivity index (χ3v) is 2.10. The normalized spacial score (nSPS) is 23.2. The van der Waals surface area contributed by atoms with E-state index in [9.17, 15) is 0 Å². The zero-order valence-electron chi connectivity index (χ0n) is 7.43. The molecule has 1 atom stereocenters. The molecule has 2 N–H and O–H groups in total. The maximum absolute atomic E-state index is 5.31. The van der Waals surface area contributed by atoms with Gasteiger partial charge in [-0.05, 0) is 32.0 Å². The van der Waals surface area contributed by atoms with Crippen molar-refractivity contribution in [3.05, 3.63) is 0 Å². The summed E-state index contributed by atoms with van der Waals surface area (Å²) in [5.41, 5.74) is 0. The second kappa shape index (κ2) is 5.32. The van der Waals surface area contributed by atoms with E-state index in [1.165, 1.54) is 0 Å². The Morgan fingerprint density at radius 3 is 3.08 bits per heavy atom. The highest BCUT2D eigenvalue weighted by Gasteiger charge is 2.13. The Kier molecular flexibility index (Phi) is 4.32. The number of ether oxygens (including phenoxy) is 1. The van der Waals surface area contributed by atoms with Gasteiger partial charge in [0, 0.05) is 13.2 Å². The Bertz CT molecular complexity index is 146. The smallest absolute Gasteiger partial charge is 0.166 e. The Balaban J connectivity index is 2.15. The van der Waals surface area contributed by atoms with Gasteiger partial charge in [0.25, 0.3) is 0 Å². The van der Waals surface area contributed by atoms with Crippen molar-refractivity contribution in [2.75, 3.05) is 19.8 Å². The van der Waals surface area contributed by atoms with Gasteiger partial charge in [-0.2, -0.15) is 0 Å². The lowest BCUT2D eigenvalue weighted by Gasteiger charge is -2.24. The van der Waals surface area contributed by atoms with E-state index >= 15 is 0 Å². The lowest BCUT2D eigenvalue weighted by molar-refractivity contribution is 0.0764. The summed E-state index contributed by atoms with van der Waals surface area (Å²) in [4.78, 5) is 0. The van der Waals surface area contributed by atoms with E-state index < -0.39 is 0 Å². The van der Waals surface area contributed by atoms with Crippen molar-refractivity contribution in [2.45, 2.75) is 25.8 Å². The average Bonchev–Trinajstić information content (AvgIpc) is 2.06. The monoisotopic (exact) mass is 188 g/mol. The molecule has 0 aromatic rings. The number of nitrogens with one attached hydrogen (secondary N) is 2. The molecule has 0 radical (unpaired) electrons. The van der Waals surface area contributed by atoms with E-state index in [1.807, 2.05) is 6.92 Å². The fraction of sp³-hybridized carbons (Fsp3) is 0.875. The highest BCUT2D eigenvalue weighted by Crippen LogP contribution is 2.05. The molecule has 0 aliphatic carbocycles. The van der Waals surface area contributed by atoms with E-state index in [2.05, 4.69) is 10.6 Å². The van der Waals surface area contributed by atoms with Crippen LogP contribution < -0.4 is 10.6 Å². The number of hydrogen-bond acceptors (Lipinski definition) is 2. The van der Waals surface area contributed by atoms with Crippen molar-refractivity contribution in [1.29, 1.82) is 0 Å². The summed E-state index contributed by atoms with van der Waals surface area (Å²) in [6.07, 6.45) is 2.29. The molecule has 1 fully saturated rings. The molecule has 0 saturated carbocycles. The van der Waals surface area contributed by atoms with Crippen molar-refractivity contribution in [2.24, 2.45) is 0 Å². The third kappa shape index (κ3) is 3.36. The van der Waals surface area contributed by atoms with Crippen LogP contribution in [0, 0.1) is 0 Å². The van der Waals surface area contributed by atoms with Gasteiger partial charge in [0.05, 0.1) is 12.6 Å². The van der Waals surface area contributed by atoms with Crippen molar-refractivity contribution >= 4 is 17.3 Å². The summed E-state index contributed by atoms with van der Waals surface area (Å²) in [6.45, 7) is 4.59. The second-order valence-electron chi connectivity index (χ2n) is 2.92. The number of thiocarbonyl (C=S) groups is 1. The Hall–Kier alpha value is -0.350. The highest BCUT2D eigenvalue weighted by atomic mass is 32.1. The molecule has 3 nitrogen and oxygen atoms in total. The summed E-state index contributed by atoms with van der Waals surface area (Å²) >= 11 is 5.06. The zero-order valence-corrected chi connectivity index (χ0v) is 8.25. The molecule has 0 bridgehead atoms. The molecule has 1 heterocycles. The molecule has 12 heavy (non-hydrogen) atoms. The fourth-order valence-corrected chi connectivity index (χ4v) is 1.56. The first-order valence-corrected chi connectivity index (χ1v) is 4.86. The maximum Gasteiger partial charge on any atom is 0.166 e. The van der Waals surface area contributed by atoms with E-state index in [1.54, 1.807) is 0 Å². The first-order valence-electron chi connectivity index (χ1n) is 4.45. The third-order valence-electron chi connectivity index (χ3n) is 1.83. The van der Waals surface area contributed by atoms with Crippen LogP contribution in [-0.4, -0.2) is 30.9 Å². The van der Waals surface area contributed by atoms with Gasteiger partial charge in [-0.15, -0.1) is 0 Å².